The second kappa shape index (κ2) is 14.0. The Morgan fingerprint density at radius 3 is 2.32 bits per heavy atom. The minimum absolute atomic E-state index is 0.0209. The molecule has 1 aromatic heterocycles. The van der Waals surface area contributed by atoms with Crippen molar-refractivity contribution in [2.24, 2.45) is 5.92 Å². The first kappa shape index (κ1) is 30.5. The molecule has 1 atom stereocenters. The van der Waals surface area contributed by atoms with Gasteiger partial charge < -0.3 is 15.2 Å². The maximum atomic E-state index is 12.7. The lowest BCUT2D eigenvalue weighted by atomic mass is 10.1. The van der Waals surface area contributed by atoms with Gasteiger partial charge in [-0.25, -0.2) is 4.68 Å². The summed E-state index contributed by atoms with van der Waals surface area (Å²) in [4.78, 5) is 16.8. The molecule has 1 unspecified atom stereocenters. The Labute approximate surface area is 238 Å². The number of nitrogens with zero attached hydrogens (tertiary/aromatic N) is 4. The number of benzene rings is 2. The van der Waals surface area contributed by atoms with Gasteiger partial charge in [0.1, 0.15) is 18.5 Å². The van der Waals surface area contributed by atoms with E-state index < -0.39 is 17.8 Å². The van der Waals surface area contributed by atoms with Crippen molar-refractivity contribution >= 4 is 5.91 Å². The molecule has 0 bridgehead atoms. The molecule has 1 aliphatic rings. The first-order valence-electron chi connectivity index (χ1n) is 13.9. The highest BCUT2D eigenvalue weighted by atomic mass is 19.4. The van der Waals surface area contributed by atoms with E-state index in [-0.39, 0.29) is 24.8 Å². The lowest BCUT2D eigenvalue weighted by molar-refractivity contribution is -0.137. The van der Waals surface area contributed by atoms with Crippen molar-refractivity contribution in [3.05, 3.63) is 77.6 Å². The average Bonchev–Trinajstić information content (AvgIpc) is 3.34. The highest BCUT2D eigenvalue weighted by molar-refractivity contribution is 5.78. The van der Waals surface area contributed by atoms with Gasteiger partial charge in [-0.05, 0) is 54.8 Å². The average molecular weight is 574 g/mol. The Morgan fingerprint density at radius 2 is 1.68 bits per heavy atom. The van der Waals surface area contributed by atoms with E-state index in [1.807, 2.05) is 35.0 Å². The van der Waals surface area contributed by atoms with Crippen LogP contribution >= 0.6 is 0 Å². The van der Waals surface area contributed by atoms with Crippen molar-refractivity contribution in [2.75, 3.05) is 45.9 Å². The molecule has 8 nitrogen and oxygen atoms in total. The van der Waals surface area contributed by atoms with Gasteiger partial charge in [-0.15, -0.1) is 0 Å². The first-order valence-corrected chi connectivity index (χ1v) is 13.9. The number of hydrogen-bond acceptors (Lipinski definition) is 6. The van der Waals surface area contributed by atoms with E-state index in [0.717, 1.165) is 35.6 Å². The molecule has 0 aliphatic carbocycles. The minimum Gasteiger partial charge on any atom is -0.491 e. The SMILES string of the molecule is CC(C)Cc1cc(CNC(=O)CN2CCN(CC(O)COc3ccc(C(F)(F)F)cc3)CC2)nn1-c1ccccc1. The van der Waals surface area contributed by atoms with Crippen LogP contribution in [-0.2, 0) is 23.9 Å². The Morgan fingerprint density at radius 1 is 1.02 bits per heavy atom. The standard InChI is InChI=1S/C30H38F3N5O3/c1-22(2)16-26-17-24(35-38(26)25-6-4-3-5-7-25)18-34-29(40)20-37-14-12-36(13-15-37)19-27(39)21-41-28-10-8-23(9-11-28)30(31,32)33/h3-11,17,22,27,39H,12-16,18-21H2,1-2H3,(H,34,40). The normalized spacial score (nSPS) is 15.7. The highest BCUT2D eigenvalue weighted by Crippen LogP contribution is 2.30. The third-order valence-corrected chi connectivity index (χ3v) is 6.84. The number of piperazine rings is 1. The number of halogens is 3. The maximum Gasteiger partial charge on any atom is 0.416 e. The third-order valence-electron chi connectivity index (χ3n) is 6.84. The number of aromatic nitrogens is 2. The number of nitrogens with one attached hydrogen (secondary N) is 1. The summed E-state index contributed by atoms with van der Waals surface area (Å²) in [7, 11) is 0. The van der Waals surface area contributed by atoms with Crippen LogP contribution in [-0.4, -0.2) is 82.6 Å². The van der Waals surface area contributed by atoms with E-state index in [2.05, 4.69) is 35.0 Å². The number of carbonyl (C=O) groups excluding carboxylic acids is 1. The molecule has 222 valence electrons. The van der Waals surface area contributed by atoms with Gasteiger partial charge in [0.15, 0.2) is 0 Å². The zero-order valence-electron chi connectivity index (χ0n) is 23.5. The van der Waals surface area contributed by atoms with Crippen LogP contribution in [0.25, 0.3) is 5.69 Å². The number of hydrogen-bond donors (Lipinski definition) is 2. The molecule has 0 saturated carbocycles. The van der Waals surface area contributed by atoms with E-state index >= 15 is 0 Å². The Bertz CT molecular complexity index is 1240. The van der Waals surface area contributed by atoms with Crippen LogP contribution in [0, 0.1) is 5.92 Å². The molecular weight excluding hydrogens is 535 g/mol. The second-order valence-corrected chi connectivity index (χ2v) is 10.8. The van der Waals surface area contributed by atoms with Crippen LogP contribution in [0.2, 0.25) is 0 Å². The van der Waals surface area contributed by atoms with Gasteiger partial charge in [-0.1, -0.05) is 32.0 Å². The van der Waals surface area contributed by atoms with E-state index in [9.17, 15) is 23.1 Å². The first-order chi connectivity index (χ1) is 19.6. The van der Waals surface area contributed by atoms with Crippen molar-refractivity contribution in [3.63, 3.8) is 0 Å². The molecule has 3 aromatic rings. The summed E-state index contributed by atoms with van der Waals surface area (Å²) in [6.07, 6.45) is -4.30. The lowest BCUT2D eigenvalue weighted by Gasteiger charge is -2.35. The number of para-hydroxylation sites is 1. The molecule has 4 rings (SSSR count). The molecule has 2 heterocycles. The summed E-state index contributed by atoms with van der Waals surface area (Å²) in [5.41, 5.74) is 2.18. The number of ether oxygens (including phenoxy) is 1. The molecule has 2 aromatic carbocycles. The van der Waals surface area contributed by atoms with Crippen molar-refractivity contribution in [2.45, 2.75) is 39.1 Å². The highest BCUT2D eigenvalue weighted by Gasteiger charge is 2.30. The molecule has 2 N–H and O–H groups in total. The molecule has 1 aliphatic heterocycles. The predicted octanol–water partition coefficient (Wildman–Crippen LogP) is 3.76. The van der Waals surface area contributed by atoms with Gasteiger partial charge >= 0.3 is 6.18 Å². The summed E-state index contributed by atoms with van der Waals surface area (Å²) in [6.45, 7) is 8.07. The van der Waals surface area contributed by atoms with Crippen LogP contribution in [0.4, 0.5) is 13.2 Å². The quantitative estimate of drug-likeness (QED) is 0.344. The zero-order valence-corrected chi connectivity index (χ0v) is 23.5. The zero-order chi connectivity index (χ0) is 29.4. The van der Waals surface area contributed by atoms with Gasteiger partial charge in [-0.2, -0.15) is 18.3 Å². The van der Waals surface area contributed by atoms with Gasteiger partial charge in [0.05, 0.1) is 30.0 Å². The topological polar surface area (TPSA) is 82.9 Å². The number of carbonyl (C=O) groups is 1. The number of alkyl halides is 3. The number of aliphatic hydroxyl groups is 1. The van der Waals surface area contributed by atoms with Crippen molar-refractivity contribution < 1.29 is 27.8 Å². The van der Waals surface area contributed by atoms with Crippen molar-refractivity contribution in [3.8, 4) is 11.4 Å². The third kappa shape index (κ3) is 9.31. The largest absolute Gasteiger partial charge is 0.491 e. The number of amides is 1. The summed E-state index contributed by atoms with van der Waals surface area (Å²) in [5.74, 6) is 0.682. The summed E-state index contributed by atoms with van der Waals surface area (Å²) < 4.78 is 45.5. The Hall–Kier alpha value is -3.41. The molecule has 1 saturated heterocycles. The summed E-state index contributed by atoms with van der Waals surface area (Å²) in [6, 6.07) is 16.4. The van der Waals surface area contributed by atoms with Crippen molar-refractivity contribution in [1.82, 2.24) is 24.9 Å². The lowest BCUT2D eigenvalue weighted by Crippen LogP contribution is -2.51. The van der Waals surface area contributed by atoms with Crippen molar-refractivity contribution in [1.29, 1.82) is 0 Å². The smallest absolute Gasteiger partial charge is 0.416 e. The van der Waals surface area contributed by atoms with Crippen LogP contribution in [0.15, 0.2) is 60.7 Å². The predicted molar refractivity (Wildman–Crippen MR) is 150 cm³/mol. The molecule has 0 spiro atoms. The maximum absolute atomic E-state index is 12.7. The van der Waals surface area contributed by atoms with E-state index in [1.165, 1.54) is 12.1 Å². The molecule has 0 radical (unpaired) electrons. The monoisotopic (exact) mass is 573 g/mol. The van der Waals surface area contributed by atoms with Gasteiger partial charge in [-0.3, -0.25) is 14.6 Å². The molecule has 41 heavy (non-hydrogen) atoms. The van der Waals surface area contributed by atoms with E-state index in [0.29, 0.717) is 45.2 Å². The van der Waals surface area contributed by atoms with Crippen LogP contribution in [0.5, 0.6) is 5.75 Å². The number of β-amino-alcohol motifs (C(OH)–C–C–N with tert-alkyl or cyclic N) is 1. The molecular formula is C30H38F3N5O3. The van der Waals surface area contributed by atoms with Crippen LogP contribution in [0.3, 0.4) is 0 Å². The van der Waals surface area contributed by atoms with Crippen LogP contribution in [0.1, 0.15) is 30.8 Å². The molecule has 1 fully saturated rings. The number of aliphatic hydroxyl groups excluding tert-OH is 1. The van der Waals surface area contributed by atoms with Gasteiger partial charge in [0, 0.05) is 38.4 Å². The minimum atomic E-state index is -4.40. The Kier molecular flexibility index (Phi) is 10.4. The number of rotatable bonds is 12. The Balaban J connectivity index is 1.17. The fourth-order valence-electron chi connectivity index (χ4n) is 4.78. The van der Waals surface area contributed by atoms with E-state index in [1.54, 1.807) is 0 Å². The fraction of sp³-hybridized carbons (Fsp3) is 0.467. The summed E-state index contributed by atoms with van der Waals surface area (Å²) >= 11 is 0. The fourth-order valence-corrected chi connectivity index (χ4v) is 4.78. The molecule has 1 amide bonds. The van der Waals surface area contributed by atoms with Crippen LogP contribution < -0.4 is 10.1 Å². The van der Waals surface area contributed by atoms with E-state index in [4.69, 9.17) is 9.84 Å². The summed E-state index contributed by atoms with van der Waals surface area (Å²) in [5, 5.41) is 18.1. The molecule has 11 heteroatoms. The van der Waals surface area contributed by atoms with Gasteiger partial charge in [0.25, 0.3) is 0 Å². The second-order valence-electron chi connectivity index (χ2n) is 10.8. The van der Waals surface area contributed by atoms with Gasteiger partial charge in [0.2, 0.25) is 5.91 Å².